The first-order valence-corrected chi connectivity index (χ1v) is 10.8. The van der Waals surface area contributed by atoms with Gasteiger partial charge in [0.1, 0.15) is 5.60 Å². The van der Waals surface area contributed by atoms with Crippen LogP contribution in [0, 0.1) is 11.8 Å². The summed E-state index contributed by atoms with van der Waals surface area (Å²) in [5, 5.41) is 2.23. The lowest BCUT2D eigenvalue weighted by atomic mass is 9.82. The average Bonchev–Trinajstić information content (AvgIpc) is 2.97. The van der Waals surface area contributed by atoms with E-state index < -0.39 is 23.3 Å². The molecule has 2 unspecified atom stereocenters. The Balaban J connectivity index is 1.46. The van der Waals surface area contributed by atoms with E-state index in [1.165, 1.54) is 0 Å². The Hall–Kier alpha value is -3.23. The number of nitrogens with zero attached hydrogens (tertiary/aromatic N) is 2. The summed E-state index contributed by atoms with van der Waals surface area (Å²) in [5.74, 6) is -3.55. The van der Waals surface area contributed by atoms with Crippen molar-refractivity contribution in [2.45, 2.75) is 39.2 Å². The van der Waals surface area contributed by atoms with Crippen LogP contribution in [0.25, 0.3) is 0 Å². The second-order valence-corrected chi connectivity index (χ2v) is 9.45. The standard InChI is InChI=1S/C23H27N3O6/c1-23(2,3)32-22(31)26-10-8-25(9-11-26)13-4-5-14-16(12-13)20(29)18(19(14)28)15-6-7-17(27)24-21(15)30/h4-5,12,15,18H,6-11H2,1-3H3,(H,24,27,30). The van der Waals surface area contributed by atoms with Gasteiger partial charge in [-0.25, -0.2) is 4.79 Å². The van der Waals surface area contributed by atoms with Crippen LogP contribution in [0.4, 0.5) is 10.5 Å². The zero-order valence-corrected chi connectivity index (χ0v) is 18.5. The Morgan fingerprint density at radius 2 is 1.66 bits per heavy atom. The highest BCUT2D eigenvalue weighted by Gasteiger charge is 2.47. The number of hydrogen-bond donors (Lipinski definition) is 1. The molecule has 32 heavy (non-hydrogen) atoms. The minimum atomic E-state index is -1.07. The number of anilines is 1. The van der Waals surface area contributed by atoms with Gasteiger partial charge in [0, 0.05) is 49.4 Å². The predicted molar refractivity (Wildman–Crippen MR) is 114 cm³/mol. The SMILES string of the molecule is CC(C)(C)OC(=O)N1CCN(c2ccc3c(c2)C(=O)C(C2CCC(=O)NC2=O)C3=O)CC1. The van der Waals surface area contributed by atoms with Gasteiger partial charge in [0.25, 0.3) is 0 Å². The van der Waals surface area contributed by atoms with Crippen LogP contribution in [0.3, 0.4) is 0 Å². The van der Waals surface area contributed by atoms with Crippen molar-refractivity contribution in [2.24, 2.45) is 11.8 Å². The molecule has 3 amide bonds. The van der Waals surface area contributed by atoms with Crippen LogP contribution in [0.1, 0.15) is 54.3 Å². The molecule has 0 radical (unpaired) electrons. The number of piperazine rings is 1. The van der Waals surface area contributed by atoms with Crippen molar-refractivity contribution in [1.29, 1.82) is 0 Å². The van der Waals surface area contributed by atoms with E-state index in [0.29, 0.717) is 37.3 Å². The van der Waals surface area contributed by atoms with Crippen LogP contribution in [0.5, 0.6) is 0 Å². The molecule has 170 valence electrons. The third kappa shape index (κ3) is 4.11. The molecule has 1 aromatic rings. The molecule has 2 heterocycles. The number of rotatable bonds is 2. The fourth-order valence-electron chi connectivity index (χ4n) is 4.47. The molecule has 1 aliphatic carbocycles. The number of piperidine rings is 1. The quantitative estimate of drug-likeness (QED) is 0.550. The summed E-state index contributed by atoms with van der Waals surface area (Å²) in [6, 6.07) is 5.13. The zero-order valence-electron chi connectivity index (χ0n) is 18.5. The van der Waals surface area contributed by atoms with Crippen molar-refractivity contribution in [3.8, 4) is 0 Å². The van der Waals surface area contributed by atoms with Crippen molar-refractivity contribution < 1.29 is 28.7 Å². The second-order valence-electron chi connectivity index (χ2n) is 9.45. The highest BCUT2D eigenvalue weighted by molar-refractivity contribution is 6.28. The number of Topliss-reactive ketones (excluding diaryl/α,β-unsaturated/α-hetero) is 2. The van der Waals surface area contributed by atoms with Gasteiger partial charge < -0.3 is 14.5 Å². The van der Waals surface area contributed by atoms with Gasteiger partial charge in [0.2, 0.25) is 11.8 Å². The van der Waals surface area contributed by atoms with Crippen LogP contribution in [0.2, 0.25) is 0 Å². The Kier molecular flexibility index (Phi) is 5.52. The normalized spacial score (nSPS) is 23.8. The zero-order chi connectivity index (χ0) is 23.2. The lowest BCUT2D eigenvalue weighted by Gasteiger charge is -2.36. The number of fused-ring (bicyclic) bond motifs is 1. The van der Waals surface area contributed by atoms with Gasteiger partial charge in [-0.3, -0.25) is 24.5 Å². The molecule has 0 bridgehead atoms. The van der Waals surface area contributed by atoms with E-state index in [9.17, 15) is 24.0 Å². The second kappa shape index (κ2) is 8.03. The number of carbonyl (C=O) groups excluding carboxylic acids is 5. The fourth-order valence-corrected chi connectivity index (χ4v) is 4.47. The van der Waals surface area contributed by atoms with Crippen molar-refractivity contribution in [3.05, 3.63) is 29.3 Å². The van der Waals surface area contributed by atoms with E-state index in [1.54, 1.807) is 23.1 Å². The topological polar surface area (TPSA) is 113 Å². The summed E-state index contributed by atoms with van der Waals surface area (Å²) in [7, 11) is 0. The fraction of sp³-hybridized carbons (Fsp3) is 0.522. The molecule has 1 aromatic carbocycles. The number of ketones is 2. The molecule has 4 rings (SSSR count). The van der Waals surface area contributed by atoms with E-state index in [0.717, 1.165) is 5.69 Å². The maximum atomic E-state index is 13.1. The first kappa shape index (κ1) is 22.0. The van der Waals surface area contributed by atoms with Crippen molar-refractivity contribution in [2.75, 3.05) is 31.1 Å². The highest BCUT2D eigenvalue weighted by atomic mass is 16.6. The monoisotopic (exact) mass is 441 g/mol. The molecule has 9 heteroatoms. The molecule has 0 saturated carbocycles. The number of amides is 3. The van der Waals surface area contributed by atoms with Crippen LogP contribution >= 0.6 is 0 Å². The van der Waals surface area contributed by atoms with Crippen LogP contribution in [0.15, 0.2) is 18.2 Å². The van der Waals surface area contributed by atoms with Gasteiger partial charge in [0.05, 0.1) is 11.8 Å². The smallest absolute Gasteiger partial charge is 0.410 e. The molecular formula is C23H27N3O6. The molecule has 0 spiro atoms. The number of carbonyl (C=O) groups is 5. The van der Waals surface area contributed by atoms with E-state index in [4.69, 9.17) is 4.74 Å². The van der Waals surface area contributed by atoms with Crippen molar-refractivity contribution >= 4 is 35.2 Å². The van der Waals surface area contributed by atoms with Crippen LogP contribution in [-0.4, -0.2) is 66.2 Å². The van der Waals surface area contributed by atoms with E-state index in [2.05, 4.69) is 10.2 Å². The van der Waals surface area contributed by atoms with E-state index >= 15 is 0 Å². The minimum absolute atomic E-state index is 0.122. The van der Waals surface area contributed by atoms with Gasteiger partial charge in [0.15, 0.2) is 11.6 Å². The summed E-state index contributed by atoms with van der Waals surface area (Å²) in [5.41, 5.74) is 0.871. The third-order valence-electron chi connectivity index (χ3n) is 6.08. The van der Waals surface area contributed by atoms with Gasteiger partial charge in [-0.1, -0.05) is 0 Å². The minimum Gasteiger partial charge on any atom is -0.444 e. The van der Waals surface area contributed by atoms with Crippen molar-refractivity contribution in [1.82, 2.24) is 10.2 Å². The van der Waals surface area contributed by atoms with E-state index in [1.807, 2.05) is 20.8 Å². The summed E-state index contributed by atoms with van der Waals surface area (Å²) in [6.07, 6.45) is -0.0314. The first-order valence-electron chi connectivity index (χ1n) is 10.8. The maximum Gasteiger partial charge on any atom is 0.410 e. The highest BCUT2D eigenvalue weighted by Crippen LogP contribution is 2.37. The van der Waals surface area contributed by atoms with E-state index in [-0.39, 0.29) is 36.4 Å². The van der Waals surface area contributed by atoms with Crippen LogP contribution < -0.4 is 10.2 Å². The van der Waals surface area contributed by atoms with Gasteiger partial charge in [-0.05, 0) is 45.4 Å². The molecular weight excluding hydrogens is 414 g/mol. The molecule has 2 saturated heterocycles. The van der Waals surface area contributed by atoms with Crippen LogP contribution in [-0.2, 0) is 14.3 Å². The predicted octanol–water partition coefficient (Wildman–Crippen LogP) is 1.79. The Bertz CT molecular complexity index is 1000. The molecule has 2 aliphatic heterocycles. The average molecular weight is 441 g/mol. The molecule has 2 atom stereocenters. The third-order valence-corrected chi connectivity index (χ3v) is 6.08. The summed E-state index contributed by atoms with van der Waals surface area (Å²) in [4.78, 5) is 65.6. The number of benzene rings is 1. The molecule has 0 aromatic heterocycles. The largest absolute Gasteiger partial charge is 0.444 e. The number of nitrogens with one attached hydrogen (secondary N) is 1. The number of ether oxygens (including phenoxy) is 1. The Labute approximate surface area is 186 Å². The lowest BCUT2D eigenvalue weighted by Crippen LogP contribution is -2.50. The van der Waals surface area contributed by atoms with Crippen molar-refractivity contribution in [3.63, 3.8) is 0 Å². The Morgan fingerprint density at radius 1 is 1.00 bits per heavy atom. The first-order chi connectivity index (χ1) is 15.0. The summed E-state index contributed by atoms with van der Waals surface area (Å²) < 4.78 is 5.42. The number of hydrogen-bond acceptors (Lipinski definition) is 7. The van der Waals surface area contributed by atoms with Gasteiger partial charge in [-0.15, -0.1) is 0 Å². The summed E-state index contributed by atoms with van der Waals surface area (Å²) in [6.45, 7) is 7.58. The maximum absolute atomic E-state index is 13.1. The molecule has 1 N–H and O–H groups in total. The Morgan fingerprint density at radius 3 is 2.28 bits per heavy atom. The molecule has 3 aliphatic rings. The van der Waals surface area contributed by atoms with Gasteiger partial charge in [-0.2, -0.15) is 0 Å². The molecule has 2 fully saturated rings. The lowest BCUT2D eigenvalue weighted by molar-refractivity contribution is -0.137. The number of imide groups is 1. The van der Waals surface area contributed by atoms with Gasteiger partial charge >= 0.3 is 6.09 Å². The summed E-state index contributed by atoms with van der Waals surface area (Å²) >= 11 is 0. The molecule has 9 nitrogen and oxygen atoms in total.